The molecular weight excluding hydrogens is 512 g/mol. The average molecular weight is 533 g/mol. The molecule has 0 saturated carbocycles. The van der Waals surface area contributed by atoms with Crippen molar-refractivity contribution in [2.45, 2.75) is 6.42 Å². The van der Waals surface area contributed by atoms with Crippen molar-refractivity contribution in [1.29, 1.82) is 0 Å². The second-order valence-electron chi connectivity index (χ2n) is 6.97. The number of carbonyl (C=O) groups excluding carboxylic acids is 1. The van der Waals surface area contributed by atoms with E-state index in [4.69, 9.17) is 4.74 Å². The first-order valence-corrected chi connectivity index (χ1v) is 11.3. The number of anilines is 1. The molecule has 1 aliphatic heterocycles. The van der Waals surface area contributed by atoms with Crippen LogP contribution in [0.5, 0.6) is 0 Å². The van der Waals surface area contributed by atoms with E-state index in [1.165, 1.54) is 6.07 Å². The van der Waals surface area contributed by atoms with Crippen LogP contribution in [-0.4, -0.2) is 55.2 Å². The molecule has 4 rings (SSSR count). The molecule has 2 heterocycles. The molecule has 2 aromatic carbocycles. The number of aromatic nitrogens is 1. The van der Waals surface area contributed by atoms with Gasteiger partial charge in [0.05, 0.1) is 23.5 Å². The van der Waals surface area contributed by atoms with E-state index in [1.807, 2.05) is 6.07 Å². The van der Waals surface area contributed by atoms with E-state index in [-0.39, 0.29) is 23.8 Å². The van der Waals surface area contributed by atoms with Crippen LogP contribution in [0.15, 0.2) is 40.9 Å². The molecule has 31 heavy (non-hydrogen) atoms. The zero-order chi connectivity index (χ0) is 21.1. The van der Waals surface area contributed by atoms with Crippen LogP contribution in [0.1, 0.15) is 16.8 Å². The highest BCUT2D eigenvalue weighted by atomic mass is 79.9. The summed E-state index contributed by atoms with van der Waals surface area (Å²) in [7, 11) is 0. The summed E-state index contributed by atoms with van der Waals surface area (Å²) < 4.78 is 34.2. The minimum atomic E-state index is -0.728. The standard InChI is InChI=1S/C21H20BrF2N3O2S.ClH/c22-16-5-2-1-4-15(16)20(28)27(7-3-6-26-8-10-29-11-9-26)21-25-19-17(24)12-14(23)13-18(19)30-21;/h1-2,4-5,12-13H,3,6-11H2;1H. The second kappa shape index (κ2) is 10.8. The van der Waals surface area contributed by atoms with E-state index < -0.39 is 11.6 Å². The number of thiazole rings is 1. The summed E-state index contributed by atoms with van der Waals surface area (Å²) in [6.07, 6.45) is 0.725. The highest BCUT2D eigenvalue weighted by Crippen LogP contribution is 2.32. The van der Waals surface area contributed by atoms with E-state index >= 15 is 0 Å². The summed E-state index contributed by atoms with van der Waals surface area (Å²) in [5.74, 6) is -1.62. The number of benzene rings is 2. The van der Waals surface area contributed by atoms with Gasteiger partial charge in [0.2, 0.25) is 0 Å². The van der Waals surface area contributed by atoms with Crippen molar-refractivity contribution in [3.63, 3.8) is 0 Å². The van der Waals surface area contributed by atoms with Gasteiger partial charge in [0.15, 0.2) is 10.9 Å². The molecule has 0 spiro atoms. The van der Waals surface area contributed by atoms with Gasteiger partial charge in [-0.2, -0.15) is 0 Å². The number of carbonyl (C=O) groups is 1. The van der Waals surface area contributed by atoms with Crippen LogP contribution in [0.25, 0.3) is 10.2 Å². The zero-order valence-electron chi connectivity index (χ0n) is 16.5. The molecule has 1 aromatic heterocycles. The molecule has 0 atom stereocenters. The van der Waals surface area contributed by atoms with Crippen molar-refractivity contribution in [2.75, 3.05) is 44.3 Å². The van der Waals surface area contributed by atoms with Crippen LogP contribution >= 0.6 is 39.7 Å². The van der Waals surface area contributed by atoms with Crippen molar-refractivity contribution in [2.24, 2.45) is 0 Å². The molecule has 1 amide bonds. The summed E-state index contributed by atoms with van der Waals surface area (Å²) in [4.78, 5) is 21.5. The Morgan fingerprint density at radius 3 is 2.71 bits per heavy atom. The van der Waals surface area contributed by atoms with Crippen LogP contribution in [0.4, 0.5) is 13.9 Å². The fraction of sp³-hybridized carbons (Fsp3) is 0.333. The van der Waals surface area contributed by atoms with Crippen LogP contribution in [0, 0.1) is 11.6 Å². The summed E-state index contributed by atoms with van der Waals surface area (Å²) in [6, 6.07) is 9.21. The minimum Gasteiger partial charge on any atom is -0.379 e. The zero-order valence-corrected chi connectivity index (χ0v) is 19.7. The summed E-state index contributed by atoms with van der Waals surface area (Å²) in [6.45, 7) is 4.39. The maximum Gasteiger partial charge on any atom is 0.261 e. The van der Waals surface area contributed by atoms with Crippen LogP contribution in [0.3, 0.4) is 0 Å². The number of amides is 1. The lowest BCUT2D eigenvalue weighted by Gasteiger charge is -2.27. The largest absolute Gasteiger partial charge is 0.379 e. The van der Waals surface area contributed by atoms with Gasteiger partial charge < -0.3 is 4.74 Å². The van der Waals surface area contributed by atoms with E-state index in [2.05, 4.69) is 25.8 Å². The first-order valence-electron chi connectivity index (χ1n) is 9.65. The number of morpholine rings is 1. The molecule has 166 valence electrons. The summed E-state index contributed by atoms with van der Waals surface area (Å²) in [5.41, 5.74) is 0.573. The van der Waals surface area contributed by atoms with Crippen molar-refractivity contribution in [3.8, 4) is 0 Å². The quantitative estimate of drug-likeness (QED) is 0.442. The normalized spacial score (nSPS) is 14.4. The Labute approximate surface area is 197 Å². The van der Waals surface area contributed by atoms with Gasteiger partial charge in [-0.15, -0.1) is 12.4 Å². The molecule has 0 N–H and O–H groups in total. The van der Waals surface area contributed by atoms with Gasteiger partial charge in [-0.05, 0) is 40.5 Å². The second-order valence-corrected chi connectivity index (χ2v) is 8.84. The molecule has 3 aromatic rings. The van der Waals surface area contributed by atoms with Gasteiger partial charge in [-0.1, -0.05) is 23.5 Å². The predicted octanol–water partition coefficient (Wildman–Crippen LogP) is 5.13. The Morgan fingerprint density at radius 2 is 1.97 bits per heavy atom. The van der Waals surface area contributed by atoms with Gasteiger partial charge in [0.1, 0.15) is 11.3 Å². The van der Waals surface area contributed by atoms with Gasteiger partial charge in [0.25, 0.3) is 5.91 Å². The lowest BCUT2D eigenvalue weighted by molar-refractivity contribution is 0.0376. The number of hydrogen-bond acceptors (Lipinski definition) is 5. The number of halogens is 4. The lowest BCUT2D eigenvalue weighted by Crippen LogP contribution is -2.39. The Morgan fingerprint density at radius 1 is 1.23 bits per heavy atom. The monoisotopic (exact) mass is 531 g/mol. The van der Waals surface area contributed by atoms with E-state index in [0.29, 0.717) is 39.6 Å². The first-order chi connectivity index (χ1) is 14.5. The predicted molar refractivity (Wildman–Crippen MR) is 124 cm³/mol. The molecule has 1 saturated heterocycles. The molecule has 0 unspecified atom stereocenters. The van der Waals surface area contributed by atoms with Crippen molar-refractivity contribution in [1.82, 2.24) is 9.88 Å². The number of hydrogen-bond donors (Lipinski definition) is 0. The number of nitrogens with zero attached hydrogens (tertiary/aromatic N) is 3. The molecule has 1 aliphatic rings. The van der Waals surface area contributed by atoms with Crippen molar-refractivity contribution >= 4 is 60.9 Å². The third kappa shape index (κ3) is 5.59. The smallest absolute Gasteiger partial charge is 0.261 e. The molecule has 5 nitrogen and oxygen atoms in total. The van der Waals surface area contributed by atoms with E-state index in [0.717, 1.165) is 43.5 Å². The molecule has 1 fully saturated rings. The van der Waals surface area contributed by atoms with Crippen LogP contribution in [-0.2, 0) is 4.74 Å². The highest BCUT2D eigenvalue weighted by molar-refractivity contribution is 9.10. The fourth-order valence-electron chi connectivity index (χ4n) is 3.40. The fourth-order valence-corrected chi connectivity index (χ4v) is 4.89. The molecule has 10 heteroatoms. The Kier molecular flexibility index (Phi) is 8.35. The van der Waals surface area contributed by atoms with Crippen molar-refractivity contribution in [3.05, 3.63) is 58.1 Å². The number of ether oxygens (including phenoxy) is 1. The van der Waals surface area contributed by atoms with Gasteiger partial charge >= 0.3 is 0 Å². The maximum atomic E-state index is 14.2. The van der Waals surface area contributed by atoms with Crippen LogP contribution in [0.2, 0.25) is 0 Å². The third-order valence-electron chi connectivity index (χ3n) is 4.94. The van der Waals surface area contributed by atoms with Crippen molar-refractivity contribution < 1.29 is 18.3 Å². The number of rotatable bonds is 6. The molecule has 0 radical (unpaired) electrons. The Bertz CT molecular complexity index is 1060. The SMILES string of the molecule is Cl.O=C(c1ccccc1Br)N(CCCN1CCOCC1)c1nc2c(F)cc(F)cc2s1. The topological polar surface area (TPSA) is 45.7 Å². The maximum absolute atomic E-state index is 14.2. The summed E-state index contributed by atoms with van der Waals surface area (Å²) in [5, 5.41) is 0.359. The molecule has 0 bridgehead atoms. The Hall–Kier alpha value is -1.65. The molecule has 0 aliphatic carbocycles. The van der Waals surface area contributed by atoms with Gasteiger partial charge in [-0.25, -0.2) is 13.8 Å². The highest BCUT2D eigenvalue weighted by Gasteiger charge is 2.24. The van der Waals surface area contributed by atoms with E-state index in [1.54, 1.807) is 23.1 Å². The Balaban J connectivity index is 0.00000272. The third-order valence-corrected chi connectivity index (χ3v) is 6.66. The number of fused-ring (bicyclic) bond motifs is 1. The minimum absolute atomic E-state index is 0. The first kappa shape index (κ1) is 24.0. The van der Waals surface area contributed by atoms with Crippen LogP contribution < -0.4 is 4.90 Å². The lowest BCUT2D eigenvalue weighted by atomic mass is 10.2. The van der Waals surface area contributed by atoms with E-state index in [9.17, 15) is 13.6 Å². The average Bonchev–Trinajstić information content (AvgIpc) is 3.16. The van der Waals surface area contributed by atoms with Gasteiger partial charge in [-0.3, -0.25) is 14.6 Å². The van der Waals surface area contributed by atoms with Gasteiger partial charge in [0, 0.05) is 36.7 Å². The molecular formula is C21H21BrClF2N3O2S. The summed E-state index contributed by atoms with van der Waals surface area (Å²) >= 11 is 4.54.